The molecule has 6 heteroatoms. The van der Waals surface area contributed by atoms with E-state index in [1.54, 1.807) is 31.2 Å². The molecule has 0 spiro atoms. The van der Waals surface area contributed by atoms with E-state index in [-0.39, 0.29) is 11.8 Å². The van der Waals surface area contributed by atoms with Gasteiger partial charge in [0, 0.05) is 11.6 Å². The van der Waals surface area contributed by atoms with E-state index in [1.807, 2.05) is 30.3 Å². The van der Waals surface area contributed by atoms with Gasteiger partial charge in [-0.2, -0.15) is 5.10 Å². The van der Waals surface area contributed by atoms with Gasteiger partial charge < -0.3 is 10.4 Å². The SMILES string of the molecule is C/C(=N\NC(=O)C(O)c1ccccc1)c1cccc(NC(=O)C2CCCCC2)c1. The number of anilines is 1. The van der Waals surface area contributed by atoms with Crippen LogP contribution in [0.25, 0.3) is 0 Å². The Hall–Kier alpha value is -2.99. The second-order valence-electron chi connectivity index (χ2n) is 7.39. The molecule has 1 aliphatic carbocycles. The van der Waals surface area contributed by atoms with Crippen LogP contribution in [0.1, 0.15) is 56.3 Å². The molecule has 0 aliphatic heterocycles. The van der Waals surface area contributed by atoms with Crippen LogP contribution in [0.3, 0.4) is 0 Å². The van der Waals surface area contributed by atoms with Crippen LogP contribution in [0.4, 0.5) is 5.69 Å². The van der Waals surface area contributed by atoms with Crippen molar-refractivity contribution in [1.29, 1.82) is 0 Å². The van der Waals surface area contributed by atoms with Crippen molar-refractivity contribution in [3.05, 3.63) is 65.7 Å². The highest BCUT2D eigenvalue weighted by atomic mass is 16.3. The molecule has 1 unspecified atom stereocenters. The average Bonchev–Trinajstić information content (AvgIpc) is 2.78. The summed E-state index contributed by atoms with van der Waals surface area (Å²) in [7, 11) is 0. The molecule has 2 aromatic rings. The molecule has 0 saturated heterocycles. The summed E-state index contributed by atoms with van der Waals surface area (Å²) in [5, 5.41) is 17.2. The molecule has 1 aliphatic rings. The molecule has 29 heavy (non-hydrogen) atoms. The number of hydrogen-bond donors (Lipinski definition) is 3. The Morgan fingerprint density at radius 3 is 2.48 bits per heavy atom. The van der Waals surface area contributed by atoms with Crippen molar-refractivity contribution in [3.8, 4) is 0 Å². The van der Waals surface area contributed by atoms with Gasteiger partial charge in [0.25, 0.3) is 5.91 Å². The molecule has 1 fully saturated rings. The number of amides is 2. The van der Waals surface area contributed by atoms with E-state index in [1.165, 1.54) is 6.42 Å². The topological polar surface area (TPSA) is 90.8 Å². The van der Waals surface area contributed by atoms with Crippen LogP contribution in [0.15, 0.2) is 59.7 Å². The van der Waals surface area contributed by atoms with Gasteiger partial charge in [0.1, 0.15) is 0 Å². The van der Waals surface area contributed by atoms with Crippen LogP contribution < -0.4 is 10.7 Å². The van der Waals surface area contributed by atoms with Gasteiger partial charge in [-0.3, -0.25) is 9.59 Å². The number of hydrazone groups is 1. The maximum atomic E-state index is 12.4. The first-order valence-corrected chi connectivity index (χ1v) is 10.0. The minimum Gasteiger partial charge on any atom is -0.378 e. The van der Waals surface area contributed by atoms with Crippen molar-refractivity contribution in [1.82, 2.24) is 5.43 Å². The lowest BCUT2D eigenvalue weighted by Crippen LogP contribution is -2.26. The molecule has 3 rings (SSSR count). The van der Waals surface area contributed by atoms with Crippen LogP contribution in [-0.2, 0) is 9.59 Å². The Morgan fingerprint density at radius 1 is 1.03 bits per heavy atom. The fourth-order valence-corrected chi connectivity index (χ4v) is 3.48. The van der Waals surface area contributed by atoms with Gasteiger partial charge in [-0.25, -0.2) is 5.43 Å². The molecular weight excluding hydrogens is 366 g/mol. The third kappa shape index (κ3) is 5.74. The lowest BCUT2D eigenvalue weighted by atomic mass is 9.88. The van der Waals surface area contributed by atoms with Gasteiger partial charge in [-0.15, -0.1) is 0 Å². The quantitative estimate of drug-likeness (QED) is 0.515. The van der Waals surface area contributed by atoms with Crippen molar-refractivity contribution in [2.24, 2.45) is 11.0 Å². The molecular formula is C23H27N3O3. The summed E-state index contributed by atoms with van der Waals surface area (Å²) in [6.07, 6.45) is 4.04. The molecule has 2 amide bonds. The Bertz CT molecular complexity index is 874. The molecule has 0 radical (unpaired) electrons. The van der Waals surface area contributed by atoms with Crippen LogP contribution >= 0.6 is 0 Å². The monoisotopic (exact) mass is 393 g/mol. The fourth-order valence-electron chi connectivity index (χ4n) is 3.48. The number of hydrogen-bond acceptors (Lipinski definition) is 4. The Kier molecular flexibility index (Phi) is 7.14. The summed E-state index contributed by atoms with van der Waals surface area (Å²) in [4.78, 5) is 24.6. The van der Waals surface area contributed by atoms with Gasteiger partial charge in [-0.1, -0.05) is 61.7 Å². The molecule has 1 saturated carbocycles. The maximum absolute atomic E-state index is 12.4. The molecule has 3 N–H and O–H groups in total. The molecule has 152 valence electrons. The fraction of sp³-hybridized carbons (Fsp3) is 0.348. The van der Waals surface area contributed by atoms with Gasteiger partial charge in [0.15, 0.2) is 6.10 Å². The molecule has 0 aromatic heterocycles. The summed E-state index contributed by atoms with van der Waals surface area (Å²) in [6.45, 7) is 1.76. The lowest BCUT2D eigenvalue weighted by molar-refractivity contribution is -0.129. The number of aliphatic hydroxyl groups excluding tert-OH is 1. The maximum Gasteiger partial charge on any atom is 0.273 e. The third-order valence-corrected chi connectivity index (χ3v) is 5.22. The van der Waals surface area contributed by atoms with Crippen LogP contribution in [0, 0.1) is 5.92 Å². The third-order valence-electron chi connectivity index (χ3n) is 5.22. The summed E-state index contributed by atoms with van der Waals surface area (Å²) in [5.41, 5.74) is 4.97. The first-order chi connectivity index (χ1) is 14.0. The molecule has 0 heterocycles. The minimum absolute atomic E-state index is 0.0655. The van der Waals surface area contributed by atoms with Crippen molar-refractivity contribution in [3.63, 3.8) is 0 Å². The van der Waals surface area contributed by atoms with Gasteiger partial charge in [0.05, 0.1) is 5.71 Å². The number of nitrogens with one attached hydrogen (secondary N) is 2. The Labute approximate surface area is 171 Å². The zero-order chi connectivity index (χ0) is 20.6. The summed E-state index contributed by atoms with van der Waals surface area (Å²) < 4.78 is 0. The molecule has 0 bridgehead atoms. The van der Waals surface area contributed by atoms with E-state index in [4.69, 9.17) is 0 Å². The van der Waals surface area contributed by atoms with Crippen LogP contribution in [0.5, 0.6) is 0 Å². The number of nitrogens with zero attached hydrogens (tertiary/aromatic N) is 1. The lowest BCUT2D eigenvalue weighted by Gasteiger charge is -2.20. The number of carbonyl (C=O) groups is 2. The Balaban J connectivity index is 1.61. The zero-order valence-corrected chi connectivity index (χ0v) is 16.6. The molecule has 6 nitrogen and oxygen atoms in total. The number of carbonyl (C=O) groups excluding carboxylic acids is 2. The molecule has 1 atom stereocenters. The summed E-state index contributed by atoms with van der Waals surface area (Å²) in [6, 6.07) is 16.1. The van der Waals surface area contributed by atoms with Crippen molar-refractivity contribution < 1.29 is 14.7 Å². The standard InChI is InChI=1S/C23H27N3O3/c1-16(25-26-23(29)21(27)17-9-4-2-5-10-17)19-13-8-14-20(15-19)24-22(28)18-11-6-3-7-12-18/h2,4-5,8-10,13-15,18,21,27H,3,6-7,11-12H2,1H3,(H,24,28)(H,26,29)/b25-16+. The van der Waals surface area contributed by atoms with E-state index in [9.17, 15) is 14.7 Å². The van der Waals surface area contributed by atoms with E-state index < -0.39 is 12.0 Å². The van der Waals surface area contributed by atoms with Crippen LogP contribution in [-0.4, -0.2) is 22.6 Å². The highest BCUT2D eigenvalue weighted by Crippen LogP contribution is 2.25. The highest BCUT2D eigenvalue weighted by Gasteiger charge is 2.21. The van der Waals surface area contributed by atoms with E-state index >= 15 is 0 Å². The number of benzene rings is 2. The van der Waals surface area contributed by atoms with Crippen molar-refractivity contribution >= 4 is 23.2 Å². The summed E-state index contributed by atoms with van der Waals surface area (Å²) in [5.74, 6) is -0.450. The van der Waals surface area contributed by atoms with E-state index in [2.05, 4.69) is 15.8 Å². The predicted molar refractivity (Wildman–Crippen MR) is 113 cm³/mol. The summed E-state index contributed by atoms with van der Waals surface area (Å²) >= 11 is 0. The largest absolute Gasteiger partial charge is 0.378 e. The van der Waals surface area contributed by atoms with Crippen molar-refractivity contribution in [2.75, 3.05) is 5.32 Å². The van der Waals surface area contributed by atoms with E-state index in [0.29, 0.717) is 17.0 Å². The van der Waals surface area contributed by atoms with Gasteiger partial charge in [0.2, 0.25) is 5.91 Å². The predicted octanol–water partition coefficient (Wildman–Crippen LogP) is 3.78. The average molecular weight is 393 g/mol. The number of rotatable bonds is 6. The first kappa shape index (κ1) is 20.7. The van der Waals surface area contributed by atoms with Crippen molar-refractivity contribution in [2.45, 2.75) is 45.1 Å². The normalized spacial score (nSPS) is 16.1. The van der Waals surface area contributed by atoms with Gasteiger partial charge >= 0.3 is 0 Å². The van der Waals surface area contributed by atoms with Gasteiger partial charge in [-0.05, 0) is 43.0 Å². The van der Waals surface area contributed by atoms with Crippen LogP contribution in [0.2, 0.25) is 0 Å². The second kappa shape index (κ2) is 9.98. The van der Waals surface area contributed by atoms with E-state index in [0.717, 1.165) is 31.2 Å². The second-order valence-corrected chi connectivity index (χ2v) is 7.39. The highest BCUT2D eigenvalue weighted by molar-refractivity contribution is 6.01. The molecule has 2 aromatic carbocycles. The number of aliphatic hydroxyl groups is 1. The zero-order valence-electron chi connectivity index (χ0n) is 16.6. The Morgan fingerprint density at radius 2 is 1.76 bits per heavy atom. The smallest absolute Gasteiger partial charge is 0.273 e. The first-order valence-electron chi connectivity index (χ1n) is 10.0. The minimum atomic E-state index is -1.28.